The van der Waals surface area contributed by atoms with Crippen LogP contribution < -0.4 is 5.32 Å². The Hall–Kier alpha value is -1.75. The molecule has 2 rings (SSSR count). The summed E-state index contributed by atoms with van der Waals surface area (Å²) in [7, 11) is 0. The number of carbonyl (C=O) groups is 1. The molecule has 0 aromatic heterocycles. The van der Waals surface area contributed by atoms with Gasteiger partial charge in [-0.1, -0.05) is 28.1 Å². The number of carbonyl (C=O) groups excluding carboxylic acids is 1. The number of aryl methyl sites for hydroxylation is 1. The Morgan fingerprint density at radius 3 is 2.43 bits per heavy atom. The Balaban J connectivity index is 2.25. The Kier molecular flexibility index (Phi) is 4.73. The van der Waals surface area contributed by atoms with Crippen LogP contribution in [0.1, 0.15) is 34.5 Å². The summed E-state index contributed by atoms with van der Waals surface area (Å²) in [6.07, 6.45) is 0. The molecule has 21 heavy (non-hydrogen) atoms. The highest BCUT2D eigenvalue weighted by molar-refractivity contribution is 9.10. The lowest BCUT2D eigenvalue weighted by atomic mass is 10.0. The van der Waals surface area contributed by atoms with Crippen LogP contribution in [-0.2, 0) is 0 Å². The first kappa shape index (κ1) is 15.6. The van der Waals surface area contributed by atoms with Gasteiger partial charge in [0.1, 0.15) is 11.6 Å². The van der Waals surface area contributed by atoms with Crippen LogP contribution in [0.3, 0.4) is 0 Å². The first-order chi connectivity index (χ1) is 9.90. The Morgan fingerprint density at radius 2 is 1.81 bits per heavy atom. The van der Waals surface area contributed by atoms with Crippen molar-refractivity contribution in [3.05, 3.63) is 69.2 Å². The topological polar surface area (TPSA) is 29.1 Å². The van der Waals surface area contributed by atoms with Gasteiger partial charge in [0.05, 0.1) is 6.04 Å². The molecule has 0 spiro atoms. The quantitative estimate of drug-likeness (QED) is 0.862. The molecule has 0 saturated heterocycles. The zero-order valence-electron chi connectivity index (χ0n) is 11.6. The molecular weight excluding hydrogens is 340 g/mol. The molecule has 1 N–H and O–H groups in total. The molecule has 0 aliphatic heterocycles. The van der Waals surface area contributed by atoms with E-state index in [9.17, 15) is 13.6 Å². The van der Waals surface area contributed by atoms with Crippen molar-refractivity contribution in [1.29, 1.82) is 0 Å². The number of hydrogen-bond acceptors (Lipinski definition) is 1. The lowest BCUT2D eigenvalue weighted by Crippen LogP contribution is -2.28. The van der Waals surface area contributed by atoms with E-state index in [0.717, 1.165) is 10.0 Å². The third-order valence-corrected chi connectivity index (χ3v) is 3.72. The van der Waals surface area contributed by atoms with Crippen molar-refractivity contribution in [2.75, 3.05) is 0 Å². The molecule has 2 aromatic rings. The molecule has 0 fully saturated rings. The summed E-state index contributed by atoms with van der Waals surface area (Å²) >= 11 is 3.30. The smallest absolute Gasteiger partial charge is 0.252 e. The Bertz CT molecular complexity index is 668. The summed E-state index contributed by atoms with van der Waals surface area (Å²) < 4.78 is 28.2. The maximum Gasteiger partial charge on any atom is 0.252 e. The van der Waals surface area contributed by atoms with Gasteiger partial charge in [0.2, 0.25) is 0 Å². The summed E-state index contributed by atoms with van der Waals surface area (Å²) in [6.45, 7) is 3.35. The first-order valence-corrected chi connectivity index (χ1v) is 7.20. The van der Waals surface area contributed by atoms with E-state index < -0.39 is 17.7 Å². The molecule has 0 bridgehead atoms. The van der Waals surface area contributed by atoms with E-state index in [1.54, 1.807) is 26.0 Å². The number of rotatable bonds is 3. The van der Waals surface area contributed by atoms with Crippen LogP contribution in [0.5, 0.6) is 0 Å². The summed E-state index contributed by atoms with van der Waals surface area (Å²) in [5.74, 6) is -1.72. The number of hydrogen-bond donors (Lipinski definition) is 1. The predicted octanol–water partition coefficient (Wildman–Crippen LogP) is 4.53. The van der Waals surface area contributed by atoms with Crippen molar-refractivity contribution >= 4 is 21.8 Å². The van der Waals surface area contributed by atoms with Crippen LogP contribution in [0.25, 0.3) is 0 Å². The van der Waals surface area contributed by atoms with Crippen LogP contribution in [-0.4, -0.2) is 5.91 Å². The second kappa shape index (κ2) is 6.35. The van der Waals surface area contributed by atoms with Crippen LogP contribution in [0.15, 0.2) is 40.9 Å². The molecule has 0 radical (unpaired) electrons. The number of halogens is 3. The molecule has 0 aliphatic carbocycles. The standard InChI is InChI=1S/C16H14BrF2NO/c1-9-6-7-11(17)8-12(9)16(21)20-10(2)15-13(18)4-3-5-14(15)19/h3-8,10H,1-2H3,(H,20,21). The summed E-state index contributed by atoms with van der Waals surface area (Å²) in [5, 5.41) is 2.62. The fourth-order valence-electron chi connectivity index (χ4n) is 2.11. The van der Waals surface area contributed by atoms with Crippen molar-refractivity contribution < 1.29 is 13.6 Å². The second-order valence-electron chi connectivity index (χ2n) is 4.79. The molecule has 0 heterocycles. The summed E-state index contributed by atoms with van der Waals surface area (Å²) in [6, 6.07) is 8.17. The maximum atomic E-state index is 13.7. The number of amides is 1. The first-order valence-electron chi connectivity index (χ1n) is 6.41. The van der Waals surface area contributed by atoms with Crippen LogP contribution in [0.2, 0.25) is 0 Å². The average molecular weight is 354 g/mol. The van der Waals surface area contributed by atoms with E-state index in [1.807, 2.05) is 6.07 Å². The molecule has 2 nitrogen and oxygen atoms in total. The minimum atomic E-state index is -0.767. The maximum absolute atomic E-state index is 13.7. The van der Waals surface area contributed by atoms with E-state index in [2.05, 4.69) is 21.2 Å². The van der Waals surface area contributed by atoms with Crippen molar-refractivity contribution in [2.45, 2.75) is 19.9 Å². The van der Waals surface area contributed by atoms with Crippen molar-refractivity contribution in [3.63, 3.8) is 0 Å². The van der Waals surface area contributed by atoms with Gasteiger partial charge in [-0.3, -0.25) is 4.79 Å². The van der Waals surface area contributed by atoms with Crippen molar-refractivity contribution in [2.24, 2.45) is 0 Å². The SMILES string of the molecule is Cc1ccc(Br)cc1C(=O)NC(C)c1c(F)cccc1F. The van der Waals surface area contributed by atoms with E-state index >= 15 is 0 Å². The third-order valence-electron chi connectivity index (χ3n) is 3.22. The second-order valence-corrected chi connectivity index (χ2v) is 5.71. The normalized spacial score (nSPS) is 12.0. The molecule has 110 valence electrons. The van der Waals surface area contributed by atoms with Crippen LogP contribution >= 0.6 is 15.9 Å². The van der Waals surface area contributed by atoms with Gasteiger partial charge in [-0.15, -0.1) is 0 Å². The minimum Gasteiger partial charge on any atom is -0.345 e. The van der Waals surface area contributed by atoms with Gasteiger partial charge in [-0.2, -0.15) is 0 Å². The van der Waals surface area contributed by atoms with Gasteiger partial charge < -0.3 is 5.32 Å². The minimum absolute atomic E-state index is 0.140. The van der Waals surface area contributed by atoms with Gasteiger partial charge in [-0.05, 0) is 43.7 Å². The van der Waals surface area contributed by atoms with E-state index in [0.29, 0.717) is 5.56 Å². The molecule has 1 unspecified atom stereocenters. The van der Waals surface area contributed by atoms with Gasteiger partial charge in [-0.25, -0.2) is 8.78 Å². The van der Waals surface area contributed by atoms with E-state index in [4.69, 9.17) is 0 Å². The van der Waals surface area contributed by atoms with Crippen molar-refractivity contribution in [3.8, 4) is 0 Å². The molecule has 5 heteroatoms. The van der Waals surface area contributed by atoms with Gasteiger partial charge in [0, 0.05) is 15.6 Å². The predicted molar refractivity (Wildman–Crippen MR) is 81.1 cm³/mol. The van der Waals surface area contributed by atoms with Gasteiger partial charge >= 0.3 is 0 Å². The Morgan fingerprint density at radius 1 is 1.19 bits per heavy atom. The zero-order valence-corrected chi connectivity index (χ0v) is 13.2. The highest BCUT2D eigenvalue weighted by Crippen LogP contribution is 2.22. The van der Waals surface area contributed by atoms with Crippen LogP contribution in [0, 0.1) is 18.6 Å². The largest absolute Gasteiger partial charge is 0.345 e. The lowest BCUT2D eigenvalue weighted by Gasteiger charge is -2.16. The zero-order chi connectivity index (χ0) is 15.6. The van der Waals surface area contributed by atoms with Gasteiger partial charge in [0.25, 0.3) is 5.91 Å². The van der Waals surface area contributed by atoms with Crippen LogP contribution in [0.4, 0.5) is 8.78 Å². The molecule has 1 amide bonds. The average Bonchev–Trinajstić information content (AvgIpc) is 2.41. The number of benzene rings is 2. The molecule has 0 aliphatic rings. The lowest BCUT2D eigenvalue weighted by molar-refractivity contribution is 0.0938. The van der Waals surface area contributed by atoms with Gasteiger partial charge in [0.15, 0.2) is 0 Å². The molecule has 0 saturated carbocycles. The number of nitrogens with one attached hydrogen (secondary N) is 1. The summed E-state index contributed by atoms with van der Waals surface area (Å²) in [5.41, 5.74) is 1.11. The Labute approximate surface area is 130 Å². The molecule has 1 atom stereocenters. The summed E-state index contributed by atoms with van der Waals surface area (Å²) in [4.78, 5) is 12.2. The molecule has 2 aromatic carbocycles. The fraction of sp³-hybridized carbons (Fsp3) is 0.188. The monoisotopic (exact) mass is 353 g/mol. The molecular formula is C16H14BrF2NO. The fourth-order valence-corrected chi connectivity index (χ4v) is 2.47. The highest BCUT2D eigenvalue weighted by atomic mass is 79.9. The third kappa shape index (κ3) is 3.47. The van der Waals surface area contributed by atoms with E-state index in [-0.39, 0.29) is 11.5 Å². The van der Waals surface area contributed by atoms with Crippen molar-refractivity contribution in [1.82, 2.24) is 5.32 Å². The van der Waals surface area contributed by atoms with E-state index in [1.165, 1.54) is 18.2 Å². The highest BCUT2D eigenvalue weighted by Gasteiger charge is 2.19.